The minimum atomic E-state index is 0. The molecule has 0 aliphatic heterocycles. The van der Waals surface area contributed by atoms with Gasteiger partial charge in [0, 0.05) is 66.8 Å². The number of hydrogen-bond donors (Lipinski definition) is 0. The van der Waals surface area contributed by atoms with Crippen molar-refractivity contribution >= 4 is 27.6 Å². The maximum atomic E-state index is 4.89. The van der Waals surface area contributed by atoms with Gasteiger partial charge in [0.1, 0.15) is 5.82 Å². The zero-order valence-corrected chi connectivity index (χ0v) is 24.1. The standard InChI is InChI=1S/C30H27N4.Pr/c1-5-7-10-23(6-2)24-15-13-22(14-16-24)19-34-20-31-29-21(3)17-25(18-28(29)34)30-32-26-11-8-9-12-27(26)33(30)4;/h5-18H,1,19H2,2-4H3;/q-1;/b10-7-,23-6+;. The summed E-state index contributed by atoms with van der Waals surface area (Å²) in [6.45, 7) is 8.61. The van der Waals surface area contributed by atoms with Crippen LogP contribution in [0.25, 0.3) is 39.0 Å². The molecule has 0 fully saturated rings. The second kappa shape index (κ2) is 10.8. The van der Waals surface area contributed by atoms with Gasteiger partial charge in [-0.15, -0.1) is 0 Å². The Labute approximate surface area is 239 Å². The van der Waals surface area contributed by atoms with E-state index < -0.39 is 0 Å². The van der Waals surface area contributed by atoms with Crippen molar-refractivity contribution in [2.45, 2.75) is 20.4 Å². The fourth-order valence-electron chi connectivity index (χ4n) is 4.45. The van der Waals surface area contributed by atoms with Gasteiger partial charge >= 0.3 is 0 Å². The van der Waals surface area contributed by atoms with Crippen LogP contribution in [0.5, 0.6) is 0 Å². The number of fused-ring (bicyclic) bond motifs is 2. The number of hydrogen-bond acceptors (Lipinski definition) is 2. The van der Waals surface area contributed by atoms with Crippen LogP contribution < -0.4 is 0 Å². The van der Waals surface area contributed by atoms with Crippen molar-refractivity contribution in [1.82, 2.24) is 19.1 Å². The molecule has 0 saturated carbocycles. The fraction of sp³-hybridized carbons (Fsp3) is 0.133. The average molecular weight is 584 g/mol. The van der Waals surface area contributed by atoms with Gasteiger partial charge in [-0.05, 0) is 35.8 Å². The molecule has 0 amide bonds. The number of rotatable bonds is 6. The normalized spacial score (nSPS) is 11.9. The third-order valence-electron chi connectivity index (χ3n) is 6.25. The topological polar surface area (TPSA) is 35.6 Å². The summed E-state index contributed by atoms with van der Waals surface area (Å²) in [6, 6.07) is 21.2. The summed E-state index contributed by atoms with van der Waals surface area (Å²) in [6.07, 6.45) is 11.1. The summed E-state index contributed by atoms with van der Waals surface area (Å²) >= 11 is 0. The van der Waals surface area contributed by atoms with Crippen molar-refractivity contribution in [3.8, 4) is 11.4 Å². The SMILES string of the molecule is C=C/C=C\C(=C/C)c1ccc(Cn2[c-]nc3c(C)cc(-c4nc5ccccc5n4C)cc32)cc1.[Pr]. The third-order valence-corrected chi connectivity index (χ3v) is 6.25. The van der Waals surface area contributed by atoms with Gasteiger partial charge in [0.2, 0.25) is 0 Å². The molecule has 0 spiro atoms. The molecule has 0 N–H and O–H groups in total. The number of aromatic nitrogens is 4. The van der Waals surface area contributed by atoms with Gasteiger partial charge < -0.3 is 14.1 Å². The third kappa shape index (κ3) is 4.96. The number of nitrogens with zero attached hydrogens (tertiary/aromatic N) is 4. The second-order valence-electron chi connectivity index (χ2n) is 8.48. The van der Waals surface area contributed by atoms with Crippen molar-refractivity contribution in [3.63, 3.8) is 0 Å². The first-order chi connectivity index (χ1) is 16.6. The molecule has 2 heterocycles. The number of para-hydroxylation sites is 2. The molecule has 171 valence electrons. The van der Waals surface area contributed by atoms with E-state index in [2.05, 4.69) is 102 Å². The van der Waals surface area contributed by atoms with Crippen molar-refractivity contribution in [1.29, 1.82) is 0 Å². The number of imidazole rings is 2. The smallest absolute Gasteiger partial charge is 0.139 e. The first kappa shape index (κ1) is 25.3. The van der Waals surface area contributed by atoms with Gasteiger partial charge in [0.25, 0.3) is 0 Å². The number of benzene rings is 3. The Balaban J connectivity index is 0.00000289. The molecule has 2 aromatic heterocycles. The van der Waals surface area contributed by atoms with Crippen LogP contribution >= 0.6 is 0 Å². The Morgan fingerprint density at radius 3 is 2.54 bits per heavy atom. The van der Waals surface area contributed by atoms with Crippen LogP contribution in [0.4, 0.5) is 0 Å². The van der Waals surface area contributed by atoms with E-state index in [9.17, 15) is 0 Å². The average Bonchev–Trinajstić information content (AvgIpc) is 3.42. The molecule has 0 unspecified atom stereocenters. The molecule has 1 radical (unpaired) electrons. The van der Waals surface area contributed by atoms with Gasteiger partial charge in [0.05, 0.1) is 11.0 Å². The van der Waals surface area contributed by atoms with E-state index >= 15 is 0 Å². The maximum absolute atomic E-state index is 4.89. The molecule has 35 heavy (non-hydrogen) atoms. The minimum absolute atomic E-state index is 0. The van der Waals surface area contributed by atoms with Crippen LogP contribution in [0, 0.1) is 54.5 Å². The van der Waals surface area contributed by atoms with Gasteiger partial charge in [0.15, 0.2) is 0 Å². The van der Waals surface area contributed by atoms with E-state index in [4.69, 9.17) is 4.98 Å². The molecule has 5 aromatic rings. The van der Waals surface area contributed by atoms with Gasteiger partial charge in [-0.25, -0.2) is 4.98 Å². The van der Waals surface area contributed by atoms with Crippen molar-refractivity contribution < 1.29 is 41.3 Å². The maximum Gasteiger partial charge on any atom is 0.139 e. The van der Waals surface area contributed by atoms with Crippen molar-refractivity contribution in [3.05, 3.63) is 115 Å². The summed E-state index contributed by atoms with van der Waals surface area (Å²) in [5, 5.41) is 0. The molecule has 0 aliphatic carbocycles. The first-order valence-electron chi connectivity index (χ1n) is 11.4. The molecular formula is C30H27N4Pr-. The monoisotopic (exact) mass is 584 g/mol. The van der Waals surface area contributed by atoms with Gasteiger partial charge in [-0.1, -0.05) is 103 Å². The predicted octanol–water partition coefficient (Wildman–Crippen LogP) is 6.89. The Bertz CT molecular complexity index is 1570. The Morgan fingerprint density at radius 1 is 1.06 bits per heavy atom. The summed E-state index contributed by atoms with van der Waals surface area (Å²) in [4.78, 5) is 9.48. The summed E-state index contributed by atoms with van der Waals surface area (Å²) in [5.41, 5.74) is 9.93. The zero-order valence-electron chi connectivity index (χ0n) is 20.4. The number of allylic oxidation sites excluding steroid dienone is 5. The van der Waals surface area contributed by atoms with E-state index in [0.29, 0.717) is 6.54 Å². The van der Waals surface area contributed by atoms with E-state index in [1.807, 2.05) is 25.1 Å². The van der Waals surface area contributed by atoms with Crippen LogP contribution in [0.15, 0.2) is 91.5 Å². The van der Waals surface area contributed by atoms with E-state index in [1.165, 1.54) is 16.7 Å². The number of aryl methyl sites for hydroxylation is 2. The molecule has 5 heteroatoms. The van der Waals surface area contributed by atoms with Crippen molar-refractivity contribution in [2.75, 3.05) is 0 Å². The summed E-state index contributed by atoms with van der Waals surface area (Å²) in [7, 11) is 2.07. The Hall–Kier alpha value is -2.82. The summed E-state index contributed by atoms with van der Waals surface area (Å²) in [5.74, 6) is 0.953. The zero-order chi connectivity index (χ0) is 23.7. The minimum Gasteiger partial charge on any atom is -0.443 e. The molecule has 5 rings (SSSR count). The Morgan fingerprint density at radius 2 is 1.83 bits per heavy atom. The molecule has 0 atom stereocenters. The molecule has 0 aliphatic rings. The molecular weight excluding hydrogens is 557 g/mol. The van der Waals surface area contributed by atoms with Crippen LogP contribution in [0.3, 0.4) is 0 Å². The quantitative estimate of drug-likeness (QED) is 0.161. The van der Waals surface area contributed by atoms with Gasteiger partial charge in [-0.2, -0.15) is 0 Å². The first-order valence-corrected chi connectivity index (χ1v) is 11.4. The van der Waals surface area contributed by atoms with Crippen LogP contribution in [0.1, 0.15) is 23.6 Å². The predicted molar refractivity (Wildman–Crippen MR) is 142 cm³/mol. The van der Waals surface area contributed by atoms with Crippen LogP contribution in [-0.4, -0.2) is 19.1 Å². The van der Waals surface area contributed by atoms with E-state index in [-0.39, 0.29) is 41.3 Å². The molecule has 0 saturated heterocycles. The second-order valence-corrected chi connectivity index (χ2v) is 8.48. The van der Waals surface area contributed by atoms with E-state index in [1.54, 1.807) is 6.08 Å². The molecule has 4 nitrogen and oxygen atoms in total. The van der Waals surface area contributed by atoms with Gasteiger partial charge in [-0.3, -0.25) is 0 Å². The van der Waals surface area contributed by atoms with Crippen LogP contribution in [-0.2, 0) is 13.6 Å². The molecule has 3 aromatic carbocycles. The van der Waals surface area contributed by atoms with Crippen LogP contribution in [0.2, 0.25) is 0 Å². The van der Waals surface area contributed by atoms with Crippen molar-refractivity contribution in [2.24, 2.45) is 7.05 Å². The summed E-state index contributed by atoms with van der Waals surface area (Å²) < 4.78 is 4.25. The van der Waals surface area contributed by atoms with E-state index in [0.717, 1.165) is 39.0 Å². The fourth-order valence-corrected chi connectivity index (χ4v) is 4.45. The Kier molecular flexibility index (Phi) is 7.83. The molecule has 0 bridgehead atoms. The largest absolute Gasteiger partial charge is 0.443 e.